The Balaban J connectivity index is 2.37. The van der Waals surface area contributed by atoms with E-state index in [4.69, 9.17) is 0 Å². The molecule has 96 valence electrons. The molecule has 17 heavy (non-hydrogen) atoms. The van der Waals surface area contributed by atoms with Gasteiger partial charge in [-0.25, -0.2) is 0 Å². The predicted molar refractivity (Wildman–Crippen MR) is 70.0 cm³/mol. The fourth-order valence-electron chi connectivity index (χ4n) is 3.20. The highest BCUT2D eigenvalue weighted by Gasteiger charge is 2.37. The number of rotatable bonds is 2. The Morgan fingerprint density at radius 3 is 2.71 bits per heavy atom. The molecule has 3 nitrogen and oxygen atoms in total. The highest BCUT2D eigenvalue weighted by atomic mass is 16.1. The van der Waals surface area contributed by atoms with E-state index in [1.54, 1.807) is 0 Å². The van der Waals surface area contributed by atoms with Crippen molar-refractivity contribution in [1.29, 1.82) is 0 Å². The minimum atomic E-state index is 0.163. The summed E-state index contributed by atoms with van der Waals surface area (Å²) >= 11 is 0. The van der Waals surface area contributed by atoms with Crippen LogP contribution in [0, 0.1) is 5.41 Å². The molecule has 1 heterocycles. The summed E-state index contributed by atoms with van der Waals surface area (Å²) in [6.45, 7) is 9.64. The molecule has 1 unspecified atom stereocenters. The lowest BCUT2D eigenvalue weighted by atomic mass is 9.68. The molecule has 1 aliphatic carbocycles. The quantitative estimate of drug-likeness (QED) is 0.766. The molecule has 0 spiro atoms. The standard InChI is InChI=1S/C14H24N2O/c1-4-10-12(17)5-6-14(2,3)13(10)11-9-15-7-8-16-11/h11,15-16H,4-9H2,1-3H3. The smallest absolute Gasteiger partial charge is 0.158 e. The van der Waals surface area contributed by atoms with E-state index in [1.807, 2.05) is 0 Å². The average Bonchev–Trinajstić information content (AvgIpc) is 2.33. The van der Waals surface area contributed by atoms with Gasteiger partial charge in [0, 0.05) is 32.1 Å². The third kappa shape index (κ3) is 2.45. The van der Waals surface area contributed by atoms with Crippen LogP contribution in [0.4, 0.5) is 0 Å². The SMILES string of the molecule is CCC1=C(C2CNCCN2)C(C)(C)CCC1=O. The maximum Gasteiger partial charge on any atom is 0.158 e. The Labute approximate surface area is 104 Å². The van der Waals surface area contributed by atoms with Crippen LogP contribution in [-0.4, -0.2) is 31.5 Å². The van der Waals surface area contributed by atoms with Crippen molar-refractivity contribution >= 4 is 5.78 Å². The molecule has 0 aromatic rings. The van der Waals surface area contributed by atoms with Crippen molar-refractivity contribution in [3.8, 4) is 0 Å². The lowest BCUT2D eigenvalue weighted by molar-refractivity contribution is -0.117. The molecule has 0 amide bonds. The molecule has 3 heteroatoms. The van der Waals surface area contributed by atoms with Gasteiger partial charge in [-0.2, -0.15) is 0 Å². The number of ketones is 1. The molecule has 2 rings (SSSR count). The number of piperazine rings is 1. The van der Waals surface area contributed by atoms with E-state index in [1.165, 1.54) is 5.57 Å². The Bertz CT molecular complexity index is 338. The van der Waals surface area contributed by atoms with E-state index in [-0.39, 0.29) is 5.41 Å². The Morgan fingerprint density at radius 1 is 1.35 bits per heavy atom. The number of hydrogen-bond donors (Lipinski definition) is 2. The highest BCUT2D eigenvalue weighted by Crippen LogP contribution is 2.41. The minimum Gasteiger partial charge on any atom is -0.314 e. The third-order valence-electron chi connectivity index (χ3n) is 4.11. The van der Waals surface area contributed by atoms with Crippen molar-refractivity contribution in [2.45, 2.75) is 46.1 Å². The first kappa shape index (κ1) is 12.8. The summed E-state index contributed by atoms with van der Waals surface area (Å²) < 4.78 is 0. The number of carbonyl (C=O) groups is 1. The van der Waals surface area contributed by atoms with Crippen molar-refractivity contribution in [3.05, 3.63) is 11.1 Å². The number of allylic oxidation sites excluding steroid dienone is 1. The maximum atomic E-state index is 12.1. The molecule has 0 aromatic carbocycles. The van der Waals surface area contributed by atoms with Crippen molar-refractivity contribution < 1.29 is 4.79 Å². The van der Waals surface area contributed by atoms with Crippen molar-refractivity contribution in [2.75, 3.05) is 19.6 Å². The van der Waals surface area contributed by atoms with Gasteiger partial charge < -0.3 is 10.6 Å². The first-order valence-corrected chi connectivity index (χ1v) is 6.77. The van der Waals surface area contributed by atoms with Gasteiger partial charge in [-0.05, 0) is 29.4 Å². The zero-order valence-electron chi connectivity index (χ0n) is 11.2. The van der Waals surface area contributed by atoms with Gasteiger partial charge >= 0.3 is 0 Å². The van der Waals surface area contributed by atoms with Crippen LogP contribution in [0.15, 0.2) is 11.1 Å². The van der Waals surface area contributed by atoms with Gasteiger partial charge in [0.05, 0.1) is 0 Å². The number of carbonyl (C=O) groups excluding carboxylic acids is 1. The lowest BCUT2D eigenvalue weighted by Crippen LogP contribution is -2.52. The van der Waals surface area contributed by atoms with Crippen LogP contribution in [0.3, 0.4) is 0 Å². The van der Waals surface area contributed by atoms with Gasteiger partial charge in [0.15, 0.2) is 5.78 Å². The van der Waals surface area contributed by atoms with Crippen LogP contribution < -0.4 is 10.6 Å². The summed E-state index contributed by atoms with van der Waals surface area (Å²) in [5.74, 6) is 0.370. The zero-order chi connectivity index (χ0) is 12.5. The zero-order valence-corrected chi connectivity index (χ0v) is 11.2. The first-order chi connectivity index (χ1) is 8.06. The molecule has 2 N–H and O–H groups in total. The second kappa shape index (κ2) is 4.91. The van der Waals surface area contributed by atoms with Crippen molar-refractivity contribution in [2.24, 2.45) is 5.41 Å². The van der Waals surface area contributed by atoms with Crippen LogP contribution in [0.1, 0.15) is 40.0 Å². The minimum absolute atomic E-state index is 0.163. The molecular weight excluding hydrogens is 212 g/mol. The molecule has 1 fully saturated rings. The molecule has 0 aromatic heterocycles. The second-order valence-electron chi connectivity index (χ2n) is 5.76. The molecule has 0 saturated carbocycles. The largest absolute Gasteiger partial charge is 0.314 e. The molecule has 1 aliphatic heterocycles. The Kier molecular flexibility index (Phi) is 3.69. The monoisotopic (exact) mass is 236 g/mol. The van der Waals surface area contributed by atoms with E-state index in [2.05, 4.69) is 31.4 Å². The Morgan fingerprint density at radius 2 is 2.12 bits per heavy atom. The summed E-state index contributed by atoms with van der Waals surface area (Å²) in [5.41, 5.74) is 2.61. The number of hydrogen-bond acceptors (Lipinski definition) is 3. The molecular formula is C14H24N2O. The molecule has 1 saturated heterocycles. The fourth-order valence-corrected chi connectivity index (χ4v) is 3.20. The van der Waals surface area contributed by atoms with Crippen LogP contribution in [-0.2, 0) is 4.79 Å². The number of nitrogens with one attached hydrogen (secondary N) is 2. The molecule has 2 aliphatic rings. The summed E-state index contributed by atoms with van der Waals surface area (Å²) in [7, 11) is 0. The van der Waals surface area contributed by atoms with Gasteiger partial charge in [0.2, 0.25) is 0 Å². The van der Waals surface area contributed by atoms with E-state index >= 15 is 0 Å². The molecule has 0 bridgehead atoms. The maximum absolute atomic E-state index is 12.1. The second-order valence-corrected chi connectivity index (χ2v) is 5.76. The van der Waals surface area contributed by atoms with Crippen LogP contribution in [0.2, 0.25) is 0 Å². The lowest BCUT2D eigenvalue weighted by Gasteiger charge is -2.40. The number of Topliss-reactive ketones (excluding diaryl/α,β-unsaturated/α-hetero) is 1. The van der Waals surface area contributed by atoms with Gasteiger partial charge in [0.1, 0.15) is 0 Å². The van der Waals surface area contributed by atoms with Gasteiger partial charge in [-0.1, -0.05) is 20.8 Å². The van der Waals surface area contributed by atoms with Crippen LogP contribution >= 0.6 is 0 Å². The normalized spacial score (nSPS) is 29.6. The predicted octanol–water partition coefficient (Wildman–Crippen LogP) is 1.64. The first-order valence-electron chi connectivity index (χ1n) is 6.77. The molecule has 1 atom stereocenters. The van der Waals surface area contributed by atoms with E-state index in [9.17, 15) is 4.79 Å². The van der Waals surface area contributed by atoms with E-state index in [0.29, 0.717) is 11.8 Å². The van der Waals surface area contributed by atoms with Gasteiger partial charge in [0.25, 0.3) is 0 Å². The highest BCUT2D eigenvalue weighted by molar-refractivity contribution is 5.97. The Hall–Kier alpha value is -0.670. The van der Waals surface area contributed by atoms with Gasteiger partial charge in [-0.3, -0.25) is 4.79 Å². The summed E-state index contributed by atoms with van der Waals surface area (Å²) in [4.78, 5) is 12.1. The summed E-state index contributed by atoms with van der Waals surface area (Å²) in [6, 6.07) is 0.345. The van der Waals surface area contributed by atoms with Crippen molar-refractivity contribution in [1.82, 2.24) is 10.6 Å². The van der Waals surface area contributed by atoms with E-state index < -0.39 is 0 Å². The summed E-state index contributed by atoms with van der Waals surface area (Å²) in [5, 5.41) is 6.98. The van der Waals surface area contributed by atoms with Crippen molar-refractivity contribution in [3.63, 3.8) is 0 Å². The van der Waals surface area contributed by atoms with Crippen LogP contribution in [0.5, 0.6) is 0 Å². The average molecular weight is 236 g/mol. The topological polar surface area (TPSA) is 41.1 Å². The third-order valence-corrected chi connectivity index (χ3v) is 4.11. The molecule has 0 radical (unpaired) electrons. The van der Waals surface area contributed by atoms with Crippen LogP contribution in [0.25, 0.3) is 0 Å². The summed E-state index contributed by atoms with van der Waals surface area (Å²) in [6.07, 6.45) is 2.58. The van der Waals surface area contributed by atoms with Gasteiger partial charge in [-0.15, -0.1) is 0 Å². The van der Waals surface area contributed by atoms with E-state index in [0.717, 1.165) is 44.5 Å². The fraction of sp³-hybridized carbons (Fsp3) is 0.786.